The molecule has 0 bridgehead atoms. The molecule has 7 nitrogen and oxygen atoms in total. The summed E-state index contributed by atoms with van der Waals surface area (Å²) < 4.78 is 62.6. The first kappa shape index (κ1) is 21.4. The number of carbonyl (C=O) groups is 1. The average Bonchev–Trinajstić information content (AvgIpc) is 3.44. The van der Waals surface area contributed by atoms with E-state index in [1.165, 1.54) is 18.2 Å². The summed E-state index contributed by atoms with van der Waals surface area (Å²) in [6, 6.07) is 0.783. The molecule has 2 aliphatic rings. The third-order valence-electron chi connectivity index (χ3n) is 6.05. The summed E-state index contributed by atoms with van der Waals surface area (Å²) in [4.78, 5) is 25.5. The number of hydrogen-bond acceptors (Lipinski definition) is 5. The van der Waals surface area contributed by atoms with Gasteiger partial charge in [0.1, 0.15) is 11.3 Å². The molecule has 1 aromatic heterocycles. The van der Waals surface area contributed by atoms with Crippen LogP contribution in [0.2, 0.25) is 0 Å². The van der Waals surface area contributed by atoms with Crippen LogP contribution in [0.4, 0.5) is 23.2 Å². The van der Waals surface area contributed by atoms with Gasteiger partial charge in [-0.3, -0.25) is 4.79 Å². The SMILES string of the molecule is COc1c(N2C[C@H](CN)[C@H](C(F)(F)F)C2)c(F)cc2c(=O)c(C(=O)O)cn(C3CC3)c12. The molecule has 1 aliphatic heterocycles. The number of aromatic carboxylic acids is 1. The van der Waals surface area contributed by atoms with Crippen molar-refractivity contribution >= 4 is 22.6 Å². The van der Waals surface area contributed by atoms with E-state index >= 15 is 4.39 Å². The first-order valence-electron chi connectivity index (χ1n) is 9.78. The quantitative estimate of drug-likeness (QED) is 0.690. The third kappa shape index (κ3) is 3.50. The number of alkyl halides is 3. The molecule has 2 heterocycles. The van der Waals surface area contributed by atoms with Crippen molar-refractivity contribution in [2.75, 3.05) is 31.6 Å². The van der Waals surface area contributed by atoms with Crippen LogP contribution in [0.3, 0.4) is 0 Å². The summed E-state index contributed by atoms with van der Waals surface area (Å²) in [7, 11) is 1.24. The molecule has 3 N–H and O–H groups in total. The molecule has 11 heteroatoms. The lowest BCUT2D eigenvalue weighted by molar-refractivity contribution is -0.178. The number of fused-ring (bicyclic) bond motifs is 1. The highest BCUT2D eigenvalue weighted by Gasteiger charge is 2.50. The number of benzene rings is 1. The van der Waals surface area contributed by atoms with Crippen LogP contribution in [0.15, 0.2) is 17.1 Å². The lowest BCUT2D eigenvalue weighted by Gasteiger charge is -2.25. The van der Waals surface area contributed by atoms with Crippen LogP contribution >= 0.6 is 0 Å². The Morgan fingerprint density at radius 3 is 2.48 bits per heavy atom. The molecule has 1 saturated heterocycles. The summed E-state index contributed by atoms with van der Waals surface area (Å²) in [5, 5.41) is 9.18. The molecule has 0 unspecified atom stereocenters. The predicted molar refractivity (Wildman–Crippen MR) is 104 cm³/mol. The maximum atomic E-state index is 15.2. The van der Waals surface area contributed by atoms with Crippen LogP contribution in [0.1, 0.15) is 29.2 Å². The van der Waals surface area contributed by atoms with Gasteiger partial charge in [0.2, 0.25) is 5.43 Å². The molecule has 168 valence electrons. The van der Waals surface area contributed by atoms with Crippen molar-refractivity contribution in [3.8, 4) is 5.75 Å². The largest absolute Gasteiger partial charge is 0.492 e. The van der Waals surface area contributed by atoms with Crippen LogP contribution in [-0.2, 0) is 0 Å². The van der Waals surface area contributed by atoms with Crippen molar-refractivity contribution in [1.29, 1.82) is 0 Å². The minimum Gasteiger partial charge on any atom is -0.492 e. The highest BCUT2D eigenvalue weighted by atomic mass is 19.4. The molecule has 0 spiro atoms. The van der Waals surface area contributed by atoms with Gasteiger partial charge in [-0.2, -0.15) is 13.2 Å². The predicted octanol–water partition coefficient (Wildman–Crippen LogP) is 2.76. The Morgan fingerprint density at radius 1 is 1.32 bits per heavy atom. The molecule has 2 aromatic rings. The Balaban J connectivity index is 1.95. The highest BCUT2D eigenvalue weighted by Crippen LogP contribution is 2.46. The van der Waals surface area contributed by atoms with E-state index in [4.69, 9.17) is 10.5 Å². The standard InChI is InChI=1S/C20H21F4N3O4/c1-31-18-15-11(17(28)12(19(29)30)7-27(15)10-2-3-10)4-14(21)16(18)26-6-9(5-25)13(8-26)20(22,23)24/h4,7,9-10,13H,2-3,5-6,8,25H2,1H3,(H,29,30)/t9-,13+/m0/s1. The second-order valence-electron chi connectivity index (χ2n) is 8.00. The van der Waals surface area contributed by atoms with Gasteiger partial charge < -0.3 is 25.0 Å². The topological polar surface area (TPSA) is 97.8 Å². The molecule has 4 rings (SSSR count). The lowest BCUT2D eigenvalue weighted by atomic mass is 9.96. The zero-order valence-electron chi connectivity index (χ0n) is 16.6. The second kappa shape index (κ2) is 7.40. The minimum atomic E-state index is -4.49. The number of halogens is 4. The van der Waals surface area contributed by atoms with Crippen LogP contribution in [0.25, 0.3) is 10.9 Å². The molecule has 1 aliphatic carbocycles. The van der Waals surface area contributed by atoms with E-state index in [0.717, 1.165) is 18.9 Å². The number of methoxy groups -OCH3 is 1. The molecule has 31 heavy (non-hydrogen) atoms. The summed E-state index contributed by atoms with van der Waals surface area (Å²) in [6.45, 7) is -0.835. The number of nitrogens with zero attached hydrogens (tertiary/aromatic N) is 2. The maximum Gasteiger partial charge on any atom is 0.393 e. The van der Waals surface area contributed by atoms with E-state index in [2.05, 4.69) is 0 Å². The van der Waals surface area contributed by atoms with Gasteiger partial charge in [-0.25, -0.2) is 9.18 Å². The highest BCUT2D eigenvalue weighted by molar-refractivity contribution is 5.97. The Labute approximate surface area is 174 Å². The molecular formula is C20H21F4N3O4. The minimum absolute atomic E-state index is 0.0884. The molecule has 1 saturated carbocycles. The van der Waals surface area contributed by atoms with Crippen molar-refractivity contribution in [2.45, 2.75) is 25.1 Å². The van der Waals surface area contributed by atoms with Gasteiger partial charge in [0.05, 0.1) is 23.9 Å². The first-order chi connectivity index (χ1) is 14.6. The van der Waals surface area contributed by atoms with E-state index in [1.54, 1.807) is 4.57 Å². The number of aromatic nitrogens is 1. The first-order valence-corrected chi connectivity index (χ1v) is 9.78. The van der Waals surface area contributed by atoms with Crippen LogP contribution in [0.5, 0.6) is 5.75 Å². The Kier molecular flexibility index (Phi) is 5.11. The number of nitrogens with two attached hydrogens (primary N) is 1. The van der Waals surface area contributed by atoms with Crippen molar-refractivity contribution in [3.63, 3.8) is 0 Å². The van der Waals surface area contributed by atoms with Gasteiger partial charge in [-0.05, 0) is 25.5 Å². The Morgan fingerprint density at radius 2 is 2.00 bits per heavy atom. The number of carboxylic acids is 1. The summed E-state index contributed by atoms with van der Waals surface area (Å²) in [5.41, 5.74) is 4.16. The van der Waals surface area contributed by atoms with Crippen molar-refractivity contribution in [2.24, 2.45) is 17.6 Å². The zero-order chi connectivity index (χ0) is 22.7. The normalized spacial score (nSPS) is 21.7. The smallest absolute Gasteiger partial charge is 0.393 e. The van der Waals surface area contributed by atoms with E-state index < -0.39 is 47.3 Å². The van der Waals surface area contributed by atoms with Crippen molar-refractivity contribution in [3.05, 3.63) is 33.9 Å². The number of hydrogen-bond donors (Lipinski definition) is 2. The molecular weight excluding hydrogens is 422 g/mol. The fourth-order valence-electron chi connectivity index (χ4n) is 4.39. The summed E-state index contributed by atoms with van der Waals surface area (Å²) in [5.74, 6) is -5.13. The summed E-state index contributed by atoms with van der Waals surface area (Å²) in [6.07, 6.45) is -1.85. The second-order valence-corrected chi connectivity index (χ2v) is 8.00. The third-order valence-corrected chi connectivity index (χ3v) is 6.05. The molecule has 1 aromatic carbocycles. The van der Waals surface area contributed by atoms with Gasteiger partial charge in [0.15, 0.2) is 11.6 Å². The van der Waals surface area contributed by atoms with Gasteiger partial charge in [-0.1, -0.05) is 0 Å². The van der Waals surface area contributed by atoms with Crippen LogP contribution < -0.4 is 20.8 Å². The molecule has 2 atom stereocenters. The fourth-order valence-corrected chi connectivity index (χ4v) is 4.39. The Bertz CT molecular complexity index is 1110. The van der Waals surface area contributed by atoms with Gasteiger partial charge in [0.25, 0.3) is 0 Å². The number of carboxylic acid groups (broad SMARTS) is 1. The summed E-state index contributed by atoms with van der Waals surface area (Å²) >= 11 is 0. The lowest BCUT2D eigenvalue weighted by Crippen LogP contribution is -2.33. The van der Waals surface area contributed by atoms with E-state index in [0.29, 0.717) is 0 Å². The average molecular weight is 443 g/mol. The van der Waals surface area contributed by atoms with Crippen molar-refractivity contribution in [1.82, 2.24) is 4.57 Å². The van der Waals surface area contributed by atoms with E-state index in [-0.39, 0.29) is 41.5 Å². The number of rotatable bonds is 5. The monoisotopic (exact) mass is 443 g/mol. The molecule has 0 amide bonds. The van der Waals surface area contributed by atoms with Crippen LogP contribution in [-0.4, -0.2) is 48.6 Å². The zero-order valence-corrected chi connectivity index (χ0v) is 16.6. The molecule has 2 fully saturated rings. The maximum absolute atomic E-state index is 15.2. The van der Waals surface area contributed by atoms with Gasteiger partial charge in [0, 0.05) is 31.2 Å². The van der Waals surface area contributed by atoms with Gasteiger partial charge >= 0.3 is 12.1 Å². The van der Waals surface area contributed by atoms with Gasteiger partial charge in [-0.15, -0.1) is 0 Å². The number of pyridine rings is 1. The number of anilines is 1. The van der Waals surface area contributed by atoms with Crippen LogP contribution in [0, 0.1) is 17.7 Å². The fraction of sp³-hybridized carbons (Fsp3) is 0.500. The van der Waals surface area contributed by atoms with E-state index in [9.17, 15) is 27.9 Å². The van der Waals surface area contributed by atoms with E-state index in [1.807, 2.05) is 0 Å². The number of ether oxygens (including phenoxy) is 1. The molecule has 0 radical (unpaired) electrons. The Hall–Kier alpha value is -2.82. The van der Waals surface area contributed by atoms with Crippen molar-refractivity contribution < 1.29 is 32.2 Å².